The predicted molar refractivity (Wildman–Crippen MR) is 116 cm³/mol. The zero-order valence-corrected chi connectivity index (χ0v) is 17.6. The number of nitrogens with one attached hydrogen (secondary N) is 1. The van der Waals surface area contributed by atoms with E-state index in [-0.39, 0.29) is 24.8 Å². The minimum absolute atomic E-state index is 0.123. The molecule has 32 heavy (non-hydrogen) atoms. The first kappa shape index (κ1) is 21.6. The molecule has 0 aliphatic carbocycles. The lowest BCUT2D eigenvalue weighted by molar-refractivity contribution is 0.0849. The first-order valence-corrected chi connectivity index (χ1v) is 10.4. The summed E-state index contributed by atoms with van der Waals surface area (Å²) in [6.45, 7) is 2.38. The highest BCUT2D eigenvalue weighted by atomic mass is 19.1. The zero-order valence-electron chi connectivity index (χ0n) is 17.6. The van der Waals surface area contributed by atoms with Crippen LogP contribution in [0.4, 0.5) is 4.39 Å². The third-order valence-corrected chi connectivity index (χ3v) is 5.32. The molecule has 0 spiro atoms. The van der Waals surface area contributed by atoms with Gasteiger partial charge in [-0.25, -0.2) is 9.18 Å². The number of halogens is 1. The van der Waals surface area contributed by atoms with E-state index in [2.05, 4.69) is 10.4 Å². The SMILES string of the molecule is Cc1cccc(-n2nc(C(=O)NCC3CCCO3)c(=O)n(Cc3ccccc3F)c2=O)c1. The van der Waals surface area contributed by atoms with Gasteiger partial charge in [0.15, 0.2) is 0 Å². The van der Waals surface area contributed by atoms with Crippen molar-refractivity contribution in [3.8, 4) is 5.69 Å². The molecular weight excluding hydrogens is 415 g/mol. The number of rotatable bonds is 6. The summed E-state index contributed by atoms with van der Waals surface area (Å²) in [6.07, 6.45) is 1.60. The van der Waals surface area contributed by atoms with Crippen LogP contribution in [0.5, 0.6) is 0 Å². The summed E-state index contributed by atoms with van der Waals surface area (Å²) in [5, 5.41) is 6.74. The molecule has 8 nitrogen and oxygen atoms in total. The number of hydrogen-bond donors (Lipinski definition) is 1. The van der Waals surface area contributed by atoms with Crippen molar-refractivity contribution in [2.75, 3.05) is 13.2 Å². The molecule has 3 aromatic rings. The molecule has 2 aromatic carbocycles. The molecule has 0 radical (unpaired) electrons. The molecule has 1 N–H and O–H groups in total. The quantitative estimate of drug-likeness (QED) is 0.633. The van der Waals surface area contributed by atoms with E-state index in [1.165, 1.54) is 18.2 Å². The Bertz CT molecular complexity index is 1260. The molecular formula is C23H23FN4O4. The van der Waals surface area contributed by atoms with Crippen molar-refractivity contribution in [1.82, 2.24) is 19.7 Å². The highest BCUT2D eigenvalue weighted by Gasteiger charge is 2.23. The van der Waals surface area contributed by atoms with Gasteiger partial charge in [0.2, 0.25) is 5.69 Å². The van der Waals surface area contributed by atoms with E-state index in [1.807, 2.05) is 13.0 Å². The fourth-order valence-corrected chi connectivity index (χ4v) is 3.62. The van der Waals surface area contributed by atoms with Gasteiger partial charge in [0.1, 0.15) is 5.82 Å². The van der Waals surface area contributed by atoms with Crippen molar-refractivity contribution in [1.29, 1.82) is 0 Å². The van der Waals surface area contributed by atoms with Crippen LogP contribution >= 0.6 is 0 Å². The number of benzene rings is 2. The lowest BCUT2D eigenvalue weighted by atomic mass is 10.2. The molecule has 1 unspecified atom stereocenters. The van der Waals surface area contributed by atoms with Crippen LogP contribution < -0.4 is 16.6 Å². The monoisotopic (exact) mass is 438 g/mol. The number of carbonyl (C=O) groups excluding carboxylic acids is 1. The predicted octanol–water partition coefficient (Wildman–Crippen LogP) is 1.80. The van der Waals surface area contributed by atoms with Crippen molar-refractivity contribution in [2.24, 2.45) is 0 Å². The topological polar surface area (TPSA) is 95.2 Å². The minimum atomic E-state index is -0.882. The Kier molecular flexibility index (Phi) is 6.27. The number of nitrogens with zero attached hydrogens (tertiary/aromatic N) is 3. The van der Waals surface area contributed by atoms with Gasteiger partial charge in [-0.2, -0.15) is 9.78 Å². The molecule has 0 bridgehead atoms. The van der Waals surface area contributed by atoms with Crippen LogP contribution in [0.1, 0.15) is 34.5 Å². The van der Waals surface area contributed by atoms with E-state index in [4.69, 9.17) is 4.74 Å². The average molecular weight is 438 g/mol. The van der Waals surface area contributed by atoms with Gasteiger partial charge in [-0.3, -0.25) is 14.2 Å². The van der Waals surface area contributed by atoms with Crippen LogP contribution in [0.3, 0.4) is 0 Å². The summed E-state index contributed by atoms with van der Waals surface area (Å²) in [6, 6.07) is 12.8. The van der Waals surface area contributed by atoms with E-state index in [0.717, 1.165) is 27.7 Å². The van der Waals surface area contributed by atoms with Gasteiger partial charge in [-0.05, 0) is 43.5 Å². The summed E-state index contributed by atoms with van der Waals surface area (Å²) in [5.41, 5.74) is -0.677. The number of ether oxygens (including phenoxy) is 1. The fourth-order valence-electron chi connectivity index (χ4n) is 3.62. The summed E-state index contributed by atoms with van der Waals surface area (Å²) in [7, 11) is 0. The highest BCUT2D eigenvalue weighted by molar-refractivity contribution is 5.91. The Morgan fingerprint density at radius 2 is 2.03 bits per heavy atom. The van der Waals surface area contributed by atoms with Crippen molar-refractivity contribution in [3.05, 3.63) is 92.0 Å². The number of carbonyl (C=O) groups is 1. The van der Waals surface area contributed by atoms with Crippen LogP contribution in [0.25, 0.3) is 5.69 Å². The molecule has 1 aliphatic heterocycles. The van der Waals surface area contributed by atoms with Crippen LogP contribution in [0.2, 0.25) is 0 Å². The molecule has 1 amide bonds. The minimum Gasteiger partial charge on any atom is -0.376 e. The molecule has 166 valence electrons. The Morgan fingerprint density at radius 3 is 2.75 bits per heavy atom. The summed E-state index contributed by atoms with van der Waals surface area (Å²) < 4.78 is 21.6. The Balaban J connectivity index is 1.79. The maximum Gasteiger partial charge on any atom is 0.352 e. The molecule has 1 aliphatic rings. The van der Waals surface area contributed by atoms with E-state index in [1.54, 1.807) is 24.3 Å². The molecule has 1 atom stereocenters. The maximum absolute atomic E-state index is 14.2. The summed E-state index contributed by atoms with van der Waals surface area (Å²) in [4.78, 5) is 39.0. The van der Waals surface area contributed by atoms with Crippen molar-refractivity contribution >= 4 is 5.91 Å². The first-order chi connectivity index (χ1) is 15.4. The van der Waals surface area contributed by atoms with Crippen molar-refractivity contribution in [2.45, 2.75) is 32.4 Å². The zero-order chi connectivity index (χ0) is 22.7. The standard InChI is InChI=1S/C23H23FN4O4/c1-15-6-4-8-17(12-15)28-23(31)27(14-16-7-2-3-10-19(16)24)22(30)20(26-28)21(29)25-13-18-9-5-11-32-18/h2-4,6-8,10,12,18H,5,9,11,13-14H2,1H3,(H,25,29). The number of aryl methyl sites for hydroxylation is 1. The first-order valence-electron chi connectivity index (χ1n) is 10.4. The second-order valence-electron chi connectivity index (χ2n) is 7.71. The normalized spacial score (nSPS) is 15.6. The summed E-state index contributed by atoms with van der Waals surface area (Å²) in [5.74, 6) is -1.27. The van der Waals surface area contributed by atoms with Crippen LogP contribution in [0.15, 0.2) is 58.1 Å². The summed E-state index contributed by atoms with van der Waals surface area (Å²) >= 11 is 0. The maximum atomic E-state index is 14.2. The Labute approximate surface area is 183 Å². The van der Waals surface area contributed by atoms with Gasteiger partial charge >= 0.3 is 5.69 Å². The largest absolute Gasteiger partial charge is 0.376 e. The van der Waals surface area contributed by atoms with E-state index in [9.17, 15) is 18.8 Å². The second-order valence-corrected chi connectivity index (χ2v) is 7.71. The van der Waals surface area contributed by atoms with Gasteiger partial charge in [0, 0.05) is 18.7 Å². The molecule has 9 heteroatoms. The van der Waals surface area contributed by atoms with Crippen LogP contribution in [-0.2, 0) is 11.3 Å². The Morgan fingerprint density at radius 1 is 1.22 bits per heavy atom. The van der Waals surface area contributed by atoms with Crippen LogP contribution in [0, 0.1) is 12.7 Å². The average Bonchev–Trinajstić information content (AvgIpc) is 3.30. The lowest BCUT2D eigenvalue weighted by Crippen LogP contribution is -2.46. The van der Waals surface area contributed by atoms with Gasteiger partial charge in [0.25, 0.3) is 11.5 Å². The van der Waals surface area contributed by atoms with Gasteiger partial charge in [0.05, 0.1) is 18.3 Å². The fraction of sp³-hybridized carbons (Fsp3) is 0.304. The van der Waals surface area contributed by atoms with E-state index >= 15 is 0 Å². The molecule has 4 rings (SSSR count). The highest BCUT2D eigenvalue weighted by Crippen LogP contribution is 2.11. The third kappa shape index (κ3) is 4.52. The molecule has 2 heterocycles. The number of aromatic nitrogens is 3. The molecule has 1 saturated heterocycles. The number of amides is 1. The number of hydrogen-bond acceptors (Lipinski definition) is 5. The smallest absolute Gasteiger partial charge is 0.352 e. The van der Waals surface area contributed by atoms with Crippen LogP contribution in [-0.4, -0.2) is 39.5 Å². The second kappa shape index (κ2) is 9.27. The molecule has 1 aromatic heterocycles. The van der Waals surface area contributed by atoms with Gasteiger partial charge in [-0.1, -0.05) is 30.3 Å². The lowest BCUT2D eigenvalue weighted by Gasteiger charge is -2.14. The van der Waals surface area contributed by atoms with Crippen molar-refractivity contribution < 1.29 is 13.9 Å². The van der Waals surface area contributed by atoms with E-state index < -0.39 is 28.7 Å². The van der Waals surface area contributed by atoms with Crippen molar-refractivity contribution in [3.63, 3.8) is 0 Å². The third-order valence-electron chi connectivity index (χ3n) is 5.32. The molecule has 1 fully saturated rings. The van der Waals surface area contributed by atoms with E-state index in [0.29, 0.717) is 12.3 Å². The Hall–Kier alpha value is -3.59. The van der Waals surface area contributed by atoms with Gasteiger partial charge < -0.3 is 10.1 Å². The van der Waals surface area contributed by atoms with Gasteiger partial charge in [-0.15, -0.1) is 0 Å². The molecule has 0 saturated carbocycles.